The van der Waals surface area contributed by atoms with Crippen LogP contribution in [0.1, 0.15) is 316 Å². The summed E-state index contributed by atoms with van der Waals surface area (Å²) in [6.45, 7) is 9.50. The van der Waals surface area contributed by atoms with Crippen LogP contribution in [0.4, 0.5) is 0 Å². The molecule has 0 spiro atoms. The molecule has 56 heavy (non-hydrogen) atoms. The highest BCUT2D eigenvalue weighted by molar-refractivity contribution is 4.97. The van der Waals surface area contributed by atoms with Crippen molar-refractivity contribution in [3.63, 3.8) is 0 Å². The van der Waals surface area contributed by atoms with Crippen molar-refractivity contribution in [3.05, 3.63) is 12.4 Å². The molecule has 334 valence electrons. The van der Waals surface area contributed by atoms with E-state index < -0.39 is 0 Å². The highest BCUT2D eigenvalue weighted by Crippen LogP contribution is 2.24. The fourth-order valence-corrected chi connectivity index (χ4v) is 9.37. The van der Waals surface area contributed by atoms with Gasteiger partial charge in [-0.3, -0.25) is 0 Å². The van der Waals surface area contributed by atoms with Crippen LogP contribution in [0.3, 0.4) is 0 Å². The molecule has 1 aliphatic rings. The molecule has 0 radical (unpaired) electrons. The molecule has 1 unspecified atom stereocenters. The van der Waals surface area contributed by atoms with Gasteiger partial charge in [0.25, 0.3) is 0 Å². The maximum atomic E-state index is 2.75. The summed E-state index contributed by atoms with van der Waals surface area (Å²) in [5.41, 5.74) is 0. The molecule has 2 nitrogen and oxygen atoms in total. The van der Waals surface area contributed by atoms with Crippen molar-refractivity contribution in [2.24, 2.45) is 0 Å². The normalized spacial score (nSPS) is 14.2. The Morgan fingerprint density at radius 1 is 0.232 bits per heavy atom. The minimum absolute atomic E-state index is 0.635. The second-order valence-electron chi connectivity index (χ2n) is 18.9. The van der Waals surface area contributed by atoms with Gasteiger partial charge in [-0.1, -0.05) is 290 Å². The summed E-state index contributed by atoms with van der Waals surface area (Å²) in [5, 5.41) is 0. The summed E-state index contributed by atoms with van der Waals surface area (Å²) in [7, 11) is 0. The molecule has 0 aromatic carbocycles. The molecule has 0 N–H and O–H groups in total. The first-order valence-corrected chi connectivity index (χ1v) is 27.0. The van der Waals surface area contributed by atoms with Crippen LogP contribution in [0.2, 0.25) is 0 Å². The van der Waals surface area contributed by atoms with E-state index in [2.05, 4.69) is 43.0 Å². The van der Waals surface area contributed by atoms with E-state index in [1.807, 2.05) is 0 Å². The Bertz CT molecular complexity index is 747. The molecule has 0 aliphatic carbocycles. The van der Waals surface area contributed by atoms with Crippen LogP contribution in [-0.2, 0) is 0 Å². The predicted molar refractivity (Wildman–Crippen MR) is 256 cm³/mol. The monoisotopic (exact) mass is 785 g/mol. The van der Waals surface area contributed by atoms with Crippen molar-refractivity contribution >= 4 is 0 Å². The smallest absolute Gasteiger partial charge is 0.101 e. The lowest BCUT2D eigenvalue weighted by atomic mass is 10.0. The zero-order valence-corrected chi connectivity index (χ0v) is 39.6. The molecule has 0 aromatic rings. The lowest BCUT2D eigenvalue weighted by molar-refractivity contribution is 0.135. The zero-order valence-electron chi connectivity index (χ0n) is 39.6. The molecule has 1 atom stereocenters. The number of rotatable bonds is 48. The Morgan fingerprint density at radius 3 is 0.625 bits per heavy atom. The van der Waals surface area contributed by atoms with Crippen molar-refractivity contribution in [2.45, 2.75) is 322 Å². The quantitative estimate of drug-likeness (QED) is 0.0567. The van der Waals surface area contributed by atoms with E-state index in [9.17, 15) is 0 Å². The standard InChI is InChI=1S/C54H108N2/c1-4-7-10-13-16-19-22-25-27-29-30-32-34-37-40-43-46-49-54-55(50-47-44-41-38-35-24-21-18-15-12-9-6-3)52-53-56(54)51-48-45-42-39-36-33-31-28-26-23-20-17-14-11-8-5-2/h52-54H,4-51H2,1-3H3. The van der Waals surface area contributed by atoms with Crippen molar-refractivity contribution in [1.82, 2.24) is 9.80 Å². The number of hydrogen-bond donors (Lipinski definition) is 0. The minimum atomic E-state index is 0.635. The van der Waals surface area contributed by atoms with E-state index in [4.69, 9.17) is 0 Å². The van der Waals surface area contributed by atoms with E-state index >= 15 is 0 Å². The topological polar surface area (TPSA) is 6.48 Å². The molecule has 1 heterocycles. The summed E-state index contributed by atoms with van der Waals surface area (Å²) in [6, 6.07) is 0. The highest BCUT2D eigenvalue weighted by atomic mass is 15.4. The number of unbranched alkanes of at least 4 members (excludes halogenated alkanes) is 42. The second kappa shape index (κ2) is 45.4. The van der Waals surface area contributed by atoms with Crippen molar-refractivity contribution in [3.8, 4) is 0 Å². The van der Waals surface area contributed by atoms with Crippen LogP contribution in [0.5, 0.6) is 0 Å². The molecule has 0 saturated heterocycles. The van der Waals surface area contributed by atoms with Gasteiger partial charge in [-0.2, -0.15) is 0 Å². The first-order chi connectivity index (χ1) is 27.8. The Morgan fingerprint density at radius 2 is 0.411 bits per heavy atom. The average Bonchev–Trinajstić information content (AvgIpc) is 3.59. The Labute approximate surface area is 356 Å². The Kier molecular flexibility index (Phi) is 43.3. The fraction of sp³-hybridized carbons (Fsp3) is 0.963. The average molecular weight is 785 g/mol. The van der Waals surface area contributed by atoms with Crippen molar-refractivity contribution in [1.29, 1.82) is 0 Å². The van der Waals surface area contributed by atoms with E-state index in [-0.39, 0.29) is 0 Å². The molecular formula is C54H108N2. The Balaban J connectivity index is 2.18. The maximum absolute atomic E-state index is 2.75. The summed E-state index contributed by atoms with van der Waals surface area (Å²) in [4.78, 5) is 5.49. The van der Waals surface area contributed by atoms with Gasteiger partial charge in [-0.05, 0) is 25.7 Å². The van der Waals surface area contributed by atoms with Gasteiger partial charge >= 0.3 is 0 Å². The SMILES string of the molecule is CCCCCCCCCCCCCCCCCCCC1N(CCCCCCCCCCCCCC)C=CN1CCCCCCCCCCCCCCCCCC. The molecule has 2 heteroatoms. The van der Waals surface area contributed by atoms with E-state index in [1.165, 1.54) is 308 Å². The van der Waals surface area contributed by atoms with Crippen LogP contribution in [0, 0.1) is 0 Å². The van der Waals surface area contributed by atoms with Gasteiger partial charge in [0.2, 0.25) is 0 Å². The highest BCUT2D eigenvalue weighted by Gasteiger charge is 2.25. The first-order valence-electron chi connectivity index (χ1n) is 27.0. The third kappa shape index (κ3) is 36.4. The predicted octanol–water partition coefficient (Wildman–Crippen LogP) is 19.4. The van der Waals surface area contributed by atoms with Crippen LogP contribution in [-0.4, -0.2) is 29.1 Å². The van der Waals surface area contributed by atoms with Crippen LogP contribution < -0.4 is 0 Å². The number of hydrogen-bond acceptors (Lipinski definition) is 2. The van der Waals surface area contributed by atoms with Crippen molar-refractivity contribution in [2.75, 3.05) is 13.1 Å². The van der Waals surface area contributed by atoms with Gasteiger partial charge < -0.3 is 9.80 Å². The lowest BCUT2D eigenvalue weighted by Gasteiger charge is -2.33. The number of nitrogens with zero attached hydrogens (tertiary/aromatic N) is 2. The van der Waals surface area contributed by atoms with Crippen LogP contribution in [0.15, 0.2) is 12.4 Å². The molecule has 1 aliphatic heterocycles. The molecule has 0 amide bonds. The maximum Gasteiger partial charge on any atom is 0.101 e. The first kappa shape index (κ1) is 53.4. The van der Waals surface area contributed by atoms with Crippen LogP contribution in [0.25, 0.3) is 0 Å². The van der Waals surface area contributed by atoms with Gasteiger partial charge in [0.05, 0.1) is 0 Å². The van der Waals surface area contributed by atoms with Gasteiger partial charge in [0.15, 0.2) is 0 Å². The zero-order chi connectivity index (χ0) is 40.1. The molecule has 0 aromatic heterocycles. The van der Waals surface area contributed by atoms with E-state index in [0.717, 1.165) is 0 Å². The van der Waals surface area contributed by atoms with E-state index in [0.29, 0.717) is 6.17 Å². The molecular weight excluding hydrogens is 677 g/mol. The van der Waals surface area contributed by atoms with Crippen LogP contribution >= 0.6 is 0 Å². The summed E-state index contributed by atoms with van der Waals surface area (Å²) >= 11 is 0. The largest absolute Gasteiger partial charge is 0.356 e. The third-order valence-corrected chi connectivity index (χ3v) is 13.3. The lowest BCUT2D eigenvalue weighted by Crippen LogP contribution is -2.39. The molecule has 0 saturated carbocycles. The molecule has 1 rings (SSSR count). The molecule has 0 bridgehead atoms. The molecule has 0 fully saturated rings. The minimum Gasteiger partial charge on any atom is -0.356 e. The van der Waals surface area contributed by atoms with Gasteiger partial charge in [0, 0.05) is 25.5 Å². The third-order valence-electron chi connectivity index (χ3n) is 13.3. The second-order valence-corrected chi connectivity index (χ2v) is 18.9. The van der Waals surface area contributed by atoms with Gasteiger partial charge in [0.1, 0.15) is 6.17 Å². The van der Waals surface area contributed by atoms with E-state index in [1.54, 1.807) is 0 Å². The van der Waals surface area contributed by atoms with Crippen molar-refractivity contribution < 1.29 is 0 Å². The Hall–Kier alpha value is -0.660. The summed E-state index contributed by atoms with van der Waals surface area (Å²) in [6.07, 6.45) is 72.3. The fourth-order valence-electron chi connectivity index (χ4n) is 9.37. The summed E-state index contributed by atoms with van der Waals surface area (Å²) in [5.74, 6) is 0. The van der Waals surface area contributed by atoms with Gasteiger partial charge in [-0.25, -0.2) is 0 Å². The summed E-state index contributed by atoms with van der Waals surface area (Å²) < 4.78 is 0. The van der Waals surface area contributed by atoms with Gasteiger partial charge in [-0.15, -0.1) is 0 Å².